The lowest BCUT2D eigenvalue weighted by Gasteiger charge is -2.26. The zero-order valence-corrected chi connectivity index (χ0v) is 12.4. The highest BCUT2D eigenvalue weighted by Crippen LogP contribution is 2.32. The maximum Gasteiger partial charge on any atom is 0.119 e. The predicted octanol–water partition coefficient (Wildman–Crippen LogP) is 3.09. The monoisotopic (exact) mass is 275 g/mol. The molecule has 110 valence electrons. The van der Waals surface area contributed by atoms with Crippen LogP contribution in [0.15, 0.2) is 18.2 Å². The van der Waals surface area contributed by atoms with E-state index in [-0.39, 0.29) is 0 Å². The number of fused-ring (bicyclic) bond motifs is 1. The molecule has 1 saturated heterocycles. The van der Waals surface area contributed by atoms with Gasteiger partial charge in [-0.2, -0.15) is 0 Å². The van der Waals surface area contributed by atoms with Gasteiger partial charge in [0.25, 0.3) is 0 Å². The minimum atomic E-state index is 0.517. The second kappa shape index (κ2) is 6.59. The summed E-state index contributed by atoms with van der Waals surface area (Å²) in [5.74, 6) is 1.69. The number of benzene rings is 1. The summed E-state index contributed by atoms with van der Waals surface area (Å²) in [6, 6.07) is 7.14. The third-order valence-electron chi connectivity index (χ3n) is 4.60. The van der Waals surface area contributed by atoms with Crippen molar-refractivity contribution in [1.82, 2.24) is 5.32 Å². The molecule has 1 aliphatic carbocycles. The molecule has 0 radical (unpaired) electrons. The van der Waals surface area contributed by atoms with Crippen LogP contribution in [-0.4, -0.2) is 26.9 Å². The van der Waals surface area contributed by atoms with Gasteiger partial charge >= 0.3 is 0 Å². The zero-order chi connectivity index (χ0) is 13.8. The van der Waals surface area contributed by atoms with Crippen LogP contribution in [0.4, 0.5) is 0 Å². The van der Waals surface area contributed by atoms with Crippen molar-refractivity contribution in [1.29, 1.82) is 0 Å². The number of aryl methyl sites for hydroxylation is 1. The lowest BCUT2D eigenvalue weighted by Crippen LogP contribution is -2.22. The number of nitrogens with one attached hydrogen (secondary N) is 1. The van der Waals surface area contributed by atoms with Crippen molar-refractivity contribution in [3.05, 3.63) is 29.3 Å². The Balaban J connectivity index is 1.63. The van der Waals surface area contributed by atoms with Crippen LogP contribution in [0.3, 0.4) is 0 Å². The van der Waals surface area contributed by atoms with E-state index in [2.05, 4.69) is 30.6 Å². The lowest BCUT2D eigenvalue weighted by atomic mass is 9.87. The Kier molecular flexibility index (Phi) is 4.58. The summed E-state index contributed by atoms with van der Waals surface area (Å²) >= 11 is 0. The second-order valence-electron chi connectivity index (χ2n) is 5.96. The minimum absolute atomic E-state index is 0.517. The first-order chi connectivity index (χ1) is 9.86. The lowest BCUT2D eigenvalue weighted by molar-refractivity contribution is 0.0497. The van der Waals surface area contributed by atoms with Gasteiger partial charge in [0, 0.05) is 19.3 Å². The summed E-state index contributed by atoms with van der Waals surface area (Å²) in [6.07, 6.45) is 5.95. The van der Waals surface area contributed by atoms with Crippen molar-refractivity contribution >= 4 is 0 Å². The third-order valence-corrected chi connectivity index (χ3v) is 4.60. The molecule has 3 heteroatoms. The summed E-state index contributed by atoms with van der Waals surface area (Å²) in [5, 5.41) is 3.41. The van der Waals surface area contributed by atoms with Gasteiger partial charge < -0.3 is 14.8 Å². The molecule has 1 heterocycles. The van der Waals surface area contributed by atoms with E-state index in [1.807, 2.05) is 0 Å². The minimum Gasteiger partial charge on any atom is -0.493 e. The van der Waals surface area contributed by atoms with E-state index in [4.69, 9.17) is 9.47 Å². The Bertz CT molecular complexity index is 441. The van der Waals surface area contributed by atoms with Crippen molar-refractivity contribution in [3.8, 4) is 5.75 Å². The summed E-state index contributed by atoms with van der Waals surface area (Å²) in [7, 11) is 2.05. The van der Waals surface area contributed by atoms with Crippen LogP contribution in [0.1, 0.15) is 42.9 Å². The SMILES string of the molecule is CNC1CCCc2cc(OCC3CCOCC3)ccc21. The van der Waals surface area contributed by atoms with Crippen molar-refractivity contribution in [2.24, 2.45) is 5.92 Å². The smallest absolute Gasteiger partial charge is 0.119 e. The molecular weight excluding hydrogens is 250 g/mol. The van der Waals surface area contributed by atoms with Gasteiger partial charge in [0.1, 0.15) is 5.75 Å². The maximum absolute atomic E-state index is 6.00. The van der Waals surface area contributed by atoms with Gasteiger partial charge in [-0.05, 0) is 68.3 Å². The summed E-state index contributed by atoms with van der Waals surface area (Å²) in [5.41, 5.74) is 2.91. The fourth-order valence-electron chi connectivity index (χ4n) is 3.31. The average molecular weight is 275 g/mol. The normalized spacial score (nSPS) is 23.4. The Hall–Kier alpha value is -1.06. The molecule has 0 amide bonds. The highest BCUT2D eigenvalue weighted by Gasteiger charge is 2.19. The van der Waals surface area contributed by atoms with Crippen LogP contribution < -0.4 is 10.1 Å². The van der Waals surface area contributed by atoms with Crippen LogP contribution in [0.25, 0.3) is 0 Å². The van der Waals surface area contributed by atoms with E-state index in [9.17, 15) is 0 Å². The fourth-order valence-corrected chi connectivity index (χ4v) is 3.31. The molecule has 1 N–H and O–H groups in total. The molecule has 3 rings (SSSR count). The van der Waals surface area contributed by atoms with Gasteiger partial charge in [0.2, 0.25) is 0 Å². The molecule has 0 aromatic heterocycles. The summed E-state index contributed by atoms with van der Waals surface area (Å²) in [6.45, 7) is 2.61. The molecule has 20 heavy (non-hydrogen) atoms. The largest absolute Gasteiger partial charge is 0.493 e. The molecule has 0 spiro atoms. The van der Waals surface area contributed by atoms with Crippen molar-refractivity contribution < 1.29 is 9.47 Å². The van der Waals surface area contributed by atoms with Gasteiger partial charge in [-0.3, -0.25) is 0 Å². The van der Waals surface area contributed by atoms with E-state index < -0.39 is 0 Å². The molecule has 2 aliphatic rings. The van der Waals surface area contributed by atoms with Crippen LogP contribution in [0.2, 0.25) is 0 Å². The molecular formula is C17H25NO2. The van der Waals surface area contributed by atoms with Crippen molar-refractivity contribution in [3.63, 3.8) is 0 Å². The zero-order valence-electron chi connectivity index (χ0n) is 12.4. The molecule has 1 atom stereocenters. The number of hydrogen-bond acceptors (Lipinski definition) is 3. The van der Waals surface area contributed by atoms with E-state index in [1.165, 1.54) is 30.4 Å². The Labute approximate surface area is 121 Å². The highest BCUT2D eigenvalue weighted by atomic mass is 16.5. The van der Waals surface area contributed by atoms with Crippen molar-refractivity contribution in [2.45, 2.75) is 38.1 Å². The second-order valence-corrected chi connectivity index (χ2v) is 5.96. The number of rotatable bonds is 4. The molecule has 0 saturated carbocycles. The fraction of sp³-hybridized carbons (Fsp3) is 0.647. The average Bonchev–Trinajstić information content (AvgIpc) is 2.53. The van der Waals surface area contributed by atoms with E-state index in [0.717, 1.165) is 38.4 Å². The molecule has 1 unspecified atom stereocenters. The molecule has 1 fully saturated rings. The Morgan fingerprint density at radius 2 is 2.10 bits per heavy atom. The van der Waals surface area contributed by atoms with Gasteiger partial charge in [-0.1, -0.05) is 6.07 Å². The molecule has 1 aliphatic heterocycles. The topological polar surface area (TPSA) is 30.5 Å². The van der Waals surface area contributed by atoms with Crippen LogP contribution in [-0.2, 0) is 11.2 Å². The van der Waals surface area contributed by atoms with Crippen LogP contribution in [0.5, 0.6) is 5.75 Å². The first-order valence-corrected chi connectivity index (χ1v) is 7.87. The predicted molar refractivity (Wildman–Crippen MR) is 80.2 cm³/mol. The van der Waals surface area contributed by atoms with Crippen LogP contribution >= 0.6 is 0 Å². The Morgan fingerprint density at radius 1 is 1.25 bits per heavy atom. The molecule has 0 bridgehead atoms. The molecule has 1 aromatic rings. The standard InChI is InChI=1S/C17H25NO2/c1-18-17-4-2-3-14-11-15(5-6-16(14)17)20-12-13-7-9-19-10-8-13/h5-6,11,13,17-18H,2-4,7-10,12H2,1H3. The molecule has 1 aromatic carbocycles. The van der Waals surface area contributed by atoms with Gasteiger partial charge in [-0.25, -0.2) is 0 Å². The van der Waals surface area contributed by atoms with E-state index in [0.29, 0.717) is 12.0 Å². The number of ether oxygens (including phenoxy) is 2. The third kappa shape index (κ3) is 3.15. The van der Waals surface area contributed by atoms with Gasteiger partial charge in [0.05, 0.1) is 6.61 Å². The van der Waals surface area contributed by atoms with Crippen molar-refractivity contribution in [2.75, 3.05) is 26.9 Å². The number of hydrogen-bond donors (Lipinski definition) is 1. The quantitative estimate of drug-likeness (QED) is 0.916. The highest BCUT2D eigenvalue weighted by molar-refractivity contribution is 5.39. The first kappa shape index (κ1) is 13.9. The Morgan fingerprint density at radius 3 is 2.90 bits per heavy atom. The maximum atomic E-state index is 6.00. The van der Waals surface area contributed by atoms with Gasteiger partial charge in [0.15, 0.2) is 0 Å². The van der Waals surface area contributed by atoms with E-state index in [1.54, 1.807) is 0 Å². The molecule has 3 nitrogen and oxygen atoms in total. The van der Waals surface area contributed by atoms with Gasteiger partial charge in [-0.15, -0.1) is 0 Å². The van der Waals surface area contributed by atoms with E-state index >= 15 is 0 Å². The summed E-state index contributed by atoms with van der Waals surface area (Å²) < 4.78 is 11.4. The first-order valence-electron chi connectivity index (χ1n) is 7.87. The summed E-state index contributed by atoms with van der Waals surface area (Å²) in [4.78, 5) is 0. The van der Waals surface area contributed by atoms with Crippen LogP contribution in [0, 0.1) is 5.92 Å².